The molecule has 65 heavy (non-hydrogen) atoms. The van der Waals surface area contributed by atoms with Crippen LogP contribution in [0, 0.1) is 25.7 Å². The first-order chi connectivity index (χ1) is 38.7. The van der Waals surface area contributed by atoms with E-state index in [0.29, 0.717) is 33.9 Å². The molecule has 3 heterocycles. The molecule has 0 atom stereocenters. The zero-order valence-corrected chi connectivity index (χ0v) is 37.2. The fourth-order valence-electron chi connectivity index (χ4n) is 7.91. The van der Waals surface area contributed by atoms with Gasteiger partial charge in [0.25, 0.3) is 0 Å². The van der Waals surface area contributed by atoms with Gasteiger partial charge in [-0.25, -0.2) is 4.98 Å². The van der Waals surface area contributed by atoms with Crippen molar-refractivity contribution in [2.24, 2.45) is 0 Å². The second kappa shape index (κ2) is 17.1. The minimum atomic E-state index is -2.65. The molecule has 1 aliphatic heterocycles. The normalized spacial score (nSPS) is 16.5. The molecule has 1 aliphatic rings. The fourth-order valence-corrected chi connectivity index (χ4v) is 7.91. The van der Waals surface area contributed by atoms with E-state index < -0.39 is 96.5 Å². The average Bonchev–Trinajstić information content (AvgIpc) is 2.61. The Labute approximate surface area is 420 Å². The van der Waals surface area contributed by atoms with Gasteiger partial charge in [0.05, 0.1) is 17.8 Å². The van der Waals surface area contributed by atoms with Gasteiger partial charge in [-0.1, -0.05) is 153 Å². The number of fused-ring (bicyclic) bond motifs is 4. The molecule has 0 N–H and O–H groups in total. The van der Waals surface area contributed by atoms with Crippen LogP contribution in [0.15, 0.2) is 194 Å². The van der Waals surface area contributed by atoms with E-state index in [1.165, 1.54) is 22.9 Å². The molecule has 0 unspecified atom stereocenters. The Morgan fingerprint density at radius 3 is 2.12 bits per heavy atom. The Hall–Kier alpha value is -7.20. The van der Waals surface area contributed by atoms with Crippen molar-refractivity contribution < 1.29 is 50.5 Å². The first-order valence-electron chi connectivity index (χ1n) is 29.3. The predicted molar refractivity (Wildman–Crippen MR) is 264 cm³/mol. The van der Waals surface area contributed by atoms with Crippen molar-refractivity contribution in [1.29, 1.82) is 0 Å². The van der Waals surface area contributed by atoms with E-state index in [2.05, 4.69) is 44.0 Å². The van der Waals surface area contributed by atoms with E-state index in [1.807, 2.05) is 58.3 Å². The summed E-state index contributed by atoms with van der Waals surface area (Å²) in [4.78, 5) is 8.14. The molecule has 6 heteroatoms. The number of anilines is 4. The second-order valence-electron chi connectivity index (χ2n) is 16.0. The van der Waals surface area contributed by atoms with Crippen molar-refractivity contribution in [2.45, 2.75) is 33.0 Å². The molecule has 0 saturated carbocycles. The van der Waals surface area contributed by atoms with Gasteiger partial charge in [0.1, 0.15) is 5.82 Å². The summed E-state index contributed by atoms with van der Waals surface area (Å²) < 4.78 is 166. The molecule has 5 nitrogen and oxygen atoms in total. The summed E-state index contributed by atoms with van der Waals surface area (Å²) in [6.45, 7) is 5.44. The largest absolute Gasteiger partial charge is 0.509 e. The van der Waals surface area contributed by atoms with Crippen LogP contribution in [0.4, 0.5) is 22.7 Å². The van der Waals surface area contributed by atoms with Gasteiger partial charge < -0.3 is 19.1 Å². The summed E-state index contributed by atoms with van der Waals surface area (Å²) in [5.41, 5.74) is 3.32. The number of pyridine rings is 1. The summed E-state index contributed by atoms with van der Waals surface area (Å²) >= 11 is 0. The van der Waals surface area contributed by atoms with Gasteiger partial charge in [-0.2, -0.15) is 12.1 Å². The third-order valence-electron chi connectivity index (χ3n) is 10.9. The van der Waals surface area contributed by atoms with Gasteiger partial charge in [0.2, 0.25) is 0 Å². The molecule has 0 saturated heterocycles. The molecule has 11 rings (SSSR count). The molecule has 0 spiro atoms. The number of para-hydroxylation sites is 3. The van der Waals surface area contributed by atoms with Crippen LogP contribution in [-0.2, 0) is 26.5 Å². The monoisotopic (exact) mass is 1040 g/mol. The molecule has 10 aromatic rings. The Kier molecular flexibility index (Phi) is 6.81. The Morgan fingerprint density at radius 1 is 0.631 bits per heavy atom. The van der Waals surface area contributed by atoms with Crippen LogP contribution in [0.25, 0.3) is 61.0 Å². The number of nitrogens with zero attached hydrogens (tertiary/aromatic N) is 4. The molecule has 320 valence electrons. The number of benzene rings is 8. The molecule has 2 aromatic heterocycles. The number of aromatic nitrogens is 2. The van der Waals surface area contributed by atoms with Crippen LogP contribution >= 0.6 is 0 Å². The standard InChI is InChI=1S/C59H45N4O.Pt/c1-40-32-33-60-57(34-40)63-53-31-28-43(41-16-7-5-8-17-41)36-52(53)51-30-29-48(38-56(51)63)64-47-23-14-22-46(37-47)61-39-62(55-27-12-11-26-54(55)61)58-49(42-18-9-6-10-19-42)24-15-25-50(58)44-20-13-21-45(35-44)59(2,3)4;/h5-36,39H,1-4H3;/q-3;/i1D3,5D,6D,7D,8D,9D,10D,16D,17D,18D,19D,28D,29D,30D,31D,36D;. The van der Waals surface area contributed by atoms with Crippen molar-refractivity contribution in [3.05, 3.63) is 224 Å². The maximum atomic E-state index is 9.61. The van der Waals surface area contributed by atoms with E-state index in [-0.39, 0.29) is 88.8 Å². The summed E-state index contributed by atoms with van der Waals surface area (Å²) in [5.74, 6) is -0.455. The number of hydrogen-bond donors (Lipinski definition) is 0. The summed E-state index contributed by atoms with van der Waals surface area (Å²) in [7, 11) is 0. The number of rotatable bonds is 8. The van der Waals surface area contributed by atoms with Crippen LogP contribution in [0.1, 0.15) is 56.6 Å². The van der Waals surface area contributed by atoms with Crippen molar-refractivity contribution in [3.63, 3.8) is 0 Å². The van der Waals surface area contributed by atoms with Crippen molar-refractivity contribution in [2.75, 3.05) is 9.80 Å². The molecule has 0 fully saturated rings. The van der Waals surface area contributed by atoms with Gasteiger partial charge in [-0.05, 0) is 82.7 Å². The number of aryl methyl sites for hydroxylation is 1. The van der Waals surface area contributed by atoms with E-state index in [1.54, 1.807) is 37.0 Å². The smallest absolute Gasteiger partial charge is 0.135 e. The zero-order chi connectivity index (χ0) is 58.9. The van der Waals surface area contributed by atoms with Gasteiger partial charge in [0.15, 0.2) is 0 Å². The summed E-state index contributed by atoms with van der Waals surface area (Å²) in [5, 5.41) is -0.421. The molecule has 0 bridgehead atoms. The maximum absolute atomic E-state index is 9.61. The van der Waals surface area contributed by atoms with Crippen LogP contribution in [0.5, 0.6) is 11.5 Å². The van der Waals surface area contributed by atoms with Gasteiger partial charge in [-0.15, -0.1) is 48.1 Å². The van der Waals surface area contributed by atoms with Crippen LogP contribution < -0.4 is 14.5 Å². The molecular formula is C59H45N4OPt-3. The van der Waals surface area contributed by atoms with Crippen LogP contribution in [0.2, 0.25) is 0 Å². The Balaban J connectivity index is 0.00000769. The first-order valence-corrected chi connectivity index (χ1v) is 20.3. The van der Waals surface area contributed by atoms with Crippen LogP contribution in [0.3, 0.4) is 0 Å². The Bertz CT molecular complexity index is 4310. The third-order valence-corrected chi connectivity index (χ3v) is 10.9. The van der Waals surface area contributed by atoms with Crippen molar-refractivity contribution in [1.82, 2.24) is 9.55 Å². The quantitative estimate of drug-likeness (QED) is 0.142. The average molecular weight is 1040 g/mol. The maximum Gasteiger partial charge on any atom is 0.135 e. The van der Waals surface area contributed by atoms with Gasteiger partial charge >= 0.3 is 0 Å². The molecular weight excluding hydrogens is 976 g/mol. The molecule has 0 radical (unpaired) electrons. The molecule has 0 amide bonds. The van der Waals surface area contributed by atoms with Crippen molar-refractivity contribution >= 4 is 44.6 Å². The molecule has 0 aliphatic carbocycles. The summed E-state index contributed by atoms with van der Waals surface area (Å²) in [6, 6.07) is 25.7. The SMILES string of the molecule is [2H]c1c([2H])c([2H])c(-c2cccc(-c3cccc(C(C)(C)C)c3)c2N2[CH-]N(c3[c-]c(Oc4[c-]c5c(c([2H])c4[2H])c4c([2H])c(-c6c([2H])c([2H])c([2H])c([2H])c6[2H])c([2H])c([2H])c4n5-c4cc(C([2H])([2H])[2H])ccn4)ccc3)c3ccccc32)c([2H])c1[2H].[Pt]. The minimum absolute atomic E-state index is 0. The van der Waals surface area contributed by atoms with E-state index in [4.69, 9.17) is 22.6 Å². The zero-order valence-electron chi connectivity index (χ0n) is 52.9. The van der Waals surface area contributed by atoms with Gasteiger partial charge in [-0.3, -0.25) is 0 Å². The van der Waals surface area contributed by atoms with E-state index in [9.17, 15) is 6.85 Å². The van der Waals surface area contributed by atoms with E-state index >= 15 is 0 Å². The third kappa shape index (κ3) is 7.81. The molecule has 8 aromatic carbocycles. The number of hydrogen-bond acceptors (Lipinski definition) is 4. The minimum Gasteiger partial charge on any atom is -0.509 e. The Morgan fingerprint density at radius 2 is 1.35 bits per heavy atom. The summed E-state index contributed by atoms with van der Waals surface area (Å²) in [6.07, 6.45) is 1.22. The fraction of sp³-hybridized carbons (Fsp3) is 0.0847. The topological polar surface area (TPSA) is 33.5 Å². The van der Waals surface area contributed by atoms with Crippen LogP contribution in [-0.4, -0.2) is 9.55 Å². The van der Waals surface area contributed by atoms with Crippen molar-refractivity contribution in [3.8, 4) is 50.7 Å². The number of ether oxygens (including phenoxy) is 1. The second-order valence-corrected chi connectivity index (χ2v) is 16.0. The van der Waals surface area contributed by atoms with Gasteiger partial charge in [0, 0.05) is 77.9 Å². The predicted octanol–water partition coefficient (Wildman–Crippen LogP) is 15.6. The first kappa shape index (κ1) is 25.9. The van der Waals surface area contributed by atoms with E-state index in [0.717, 1.165) is 11.1 Å².